The number of anilines is 1. The molecular formula is C24H27N5O3. The first-order chi connectivity index (χ1) is 15.6. The number of hydrogen-bond donors (Lipinski definition) is 1. The smallest absolute Gasteiger partial charge is 0.229 e. The summed E-state index contributed by atoms with van der Waals surface area (Å²) in [5, 5.41) is 2.99. The van der Waals surface area contributed by atoms with E-state index in [1.54, 1.807) is 35.6 Å². The van der Waals surface area contributed by atoms with Crippen molar-refractivity contribution in [2.45, 2.75) is 32.7 Å². The van der Waals surface area contributed by atoms with Crippen molar-refractivity contribution < 1.29 is 14.3 Å². The van der Waals surface area contributed by atoms with Gasteiger partial charge in [0.05, 0.1) is 17.8 Å². The number of pyridine rings is 1. The fourth-order valence-corrected chi connectivity index (χ4v) is 3.86. The largest absolute Gasteiger partial charge is 0.454 e. The van der Waals surface area contributed by atoms with Gasteiger partial charge < -0.3 is 19.5 Å². The highest BCUT2D eigenvalue weighted by Crippen LogP contribution is 2.30. The summed E-state index contributed by atoms with van der Waals surface area (Å²) in [7, 11) is 0. The number of carbonyl (C=O) groups excluding carboxylic acids is 2. The molecule has 166 valence electrons. The Balaban J connectivity index is 1.35. The molecule has 1 saturated heterocycles. The maximum absolute atomic E-state index is 13.0. The third-order valence-corrected chi connectivity index (χ3v) is 5.64. The highest BCUT2D eigenvalue weighted by molar-refractivity contribution is 5.94. The molecule has 3 heterocycles. The van der Waals surface area contributed by atoms with Crippen molar-refractivity contribution in [1.82, 2.24) is 19.4 Å². The summed E-state index contributed by atoms with van der Waals surface area (Å²) in [5.41, 5.74) is 0.598. The molecule has 2 amide bonds. The molecule has 8 heteroatoms. The van der Waals surface area contributed by atoms with Gasteiger partial charge in [-0.3, -0.25) is 14.6 Å². The minimum absolute atomic E-state index is 0.0657. The number of aryl methyl sites for hydroxylation is 2. The molecule has 32 heavy (non-hydrogen) atoms. The van der Waals surface area contributed by atoms with E-state index in [9.17, 15) is 9.59 Å². The number of imidazole rings is 1. The van der Waals surface area contributed by atoms with E-state index in [2.05, 4.69) is 15.3 Å². The van der Waals surface area contributed by atoms with E-state index in [0.29, 0.717) is 43.2 Å². The number of para-hydroxylation sites is 2. The second-order valence-electron chi connectivity index (χ2n) is 7.87. The second kappa shape index (κ2) is 10.1. The Kier molecular flexibility index (Phi) is 6.79. The molecule has 1 atom stereocenters. The summed E-state index contributed by atoms with van der Waals surface area (Å²) in [6.07, 6.45) is 8.86. The molecule has 0 bridgehead atoms. The van der Waals surface area contributed by atoms with Gasteiger partial charge in [-0.25, -0.2) is 4.98 Å². The molecular weight excluding hydrogens is 406 g/mol. The lowest BCUT2D eigenvalue weighted by atomic mass is 9.96. The Morgan fingerprint density at radius 2 is 2.06 bits per heavy atom. The molecule has 8 nitrogen and oxygen atoms in total. The molecule has 0 aliphatic carbocycles. The maximum atomic E-state index is 13.0. The number of likely N-dealkylation sites (tertiary alicyclic amines) is 1. The average Bonchev–Trinajstić information content (AvgIpc) is 3.24. The number of nitrogens with zero attached hydrogens (tertiary/aromatic N) is 4. The van der Waals surface area contributed by atoms with Crippen molar-refractivity contribution in [2.24, 2.45) is 5.92 Å². The van der Waals surface area contributed by atoms with Crippen LogP contribution in [0.3, 0.4) is 0 Å². The molecule has 4 rings (SSSR count). The number of rotatable bonds is 7. The zero-order valence-corrected chi connectivity index (χ0v) is 18.1. The summed E-state index contributed by atoms with van der Waals surface area (Å²) in [6, 6.07) is 10.9. The highest BCUT2D eigenvalue weighted by atomic mass is 16.5. The number of nitrogens with one attached hydrogen (secondary N) is 1. The van der Waals surface area contributed by atoms with Gasteiger partial charge in [-0.05, 0) is 44.0 Å². The standard InChI is InChI=1S/C24H27N5O3/c1-18-26-12-15-28(18)14-10-23(30)29-13-5-6-19(17-29)24(31)27-21-8-2-3-9-22(21)32-20-7-4-11-25-16-20/h2-4,7-9,11-12,15-16,19H,5-6,10,13-14,17H2,1H3,(H,27,31)/t19-/m0/s1. The van der Waals surface area contributed by atoms with E-state index in [0.717, 1.165) is 18.7 Å². The number of aromatic nitrogens is 3. The lowest BCUT2D eigenvalue weighted by Crippen LogP contribution is -2.44. The van der Waals surface area contributed by atoms with E-state index in [-0.39, 0.29) is 17.7 Å². The van der Waals surface area contributed by atoms with E-state index in [1.807, 2.05) is 42.0 Å². The van der Waals surface area contributed by atoms with Gasteiger partial charge in [0.15, 0.2) is 5.75 Å². The predicted octanol–water partition coefficient (Wildman–Crippen LogP) is 3.65. The minimum Gasteiger partial charge on any atom is -0.454 e. The number of carbonyl (C=O) groups is 2. The Morgan fingerprint density at radius 3 is 2.84 bits per heavy atom. The molecule has 0 radical (unpaired) electrons. The molecule has 2 aromatic heterocycles. The molecule has 1 aliphatic rings. The van der Waals surface area contributed by atoms with Crippen molar-refractivity contribution in [2.75, 3.05) is 18.4 Å². The maximum Gasteiger partial charge on any atom is 0.229 e. The van der Waals surface area contributed by atoms with E-state index in [1.165, 1.54) is 0 Å². The second-order valence-corrected chi connectivity index (χ2v) is 7.87. The van der Waals surface area contributed by atoms with E-state index >= 15 is 0 Å². The summed E-state index contributed by atoms with van der Waals surface area (Å²) in [6.45, 7) is 3.63. The quantitative estimate of drug-likeness (QED) is 0.614. The van der Waals surface area contributed by atoms with Gasteiger partial charge in [0, 0.05) is 44.6 Å². The third-order valence-electron chi connectivity index (χ3n) is 5.64. The van der Waals surface area contributed by atoms with Gasteiger partial charge in [-0.1, -0.05) is 12.1 Å². The monoisotopic (exact) mass is 433 g/mol. The van der Waals surface area contributed by atoms with Crippen LogP contribution in [0.25, 0.3) is 0 Å². The van der Waals surface area contributed by atoms with Crippen LogP contribution < -0.4 is 10.1 Å². The number of benzene rings is 1. The molecule has 3 aromatic rings. The van der Waals surface area contributed by atoms with Crippen molar-refractivity contribution >= 4 is 17.5 Å². The van der Waals surface area contributed by atoms with Gasteiger partial charge >= 0.3 is 0 Å². The molecule has 0 saturated carbocycles. The van der Waals surface area contributed by atoms with Crippen LogP contribution in [-0.2, 0) is 16.1 Å². The van der Waals surface area contributed by atoms with Crippen LogP contribution in [0.1, 0.15) is 25.1 Å². The lowest BCUT2D eigenvalue weighted by molar-refractivity contribution is -0.134. The number of ether oxygens (including phenoxy) is 1. The molecule has 0 spiro atoms. The summed E-state index contributed by atoms with van der Waals surface area (Å²) in [4.78, 5) is 35.8. The topological polar surface area (TPSA) is 89.4 Å². The Labute approximate surface area is 187 Å². The van der Waals surface area contributed by atoms with Crippen molar-refractivity contribution in [1.29, 1.82) is 0 Å². The van der Waals surface area contributed by atoms with Crippen LogP contribution in [0.2, 0.25) is 0 Å². The molecule has 0 unspecified atom stereocenters. The summed E-state index contributed by atoms with van der Waals surface area (Å²) < 4.78 is 7.85. The van der Waals surface area contributed by atoms with Crippen molar-refractivity contribution in [3.8, 4) is 11.5 Å². The summed E-state index contributed by atoms with van der Waals surface area (Å²) in [5.74, 6) is 1.74. The number of piperidine rings is 1. The summed E-state index contributed by atoms with van der Waals surface area (Å²) >= 11 is 0. The highest BCUT2D eigenvalue weighted by Gasteiger charge is 2.28. The van der Waals surface area contributed by atoms with Crippen LogP contribution in [0, 0.1) is 12.8 Å². The first kappa shape index (κ1) is 21.5. The Hall–Kier alpha value is -3.68. The van der Waals surface area contributed by atoms with Gasteiger partial charge in [-0.15, -0.1) is 0 Å². The van der Waals surface area contributed by atoms with Crippen LogP contribution in [0.4, 0.5) is 5.69 Å². The van der Waals surface area contributed by atoms with Gasteiger partial charge in [0.1, 0.15) is 11.6 Å². The Bertz CT molecular complexity index is 1070. The van der Waals surface area contributed by atoms with E-state index < -0.39 is 0 Å². The zero-order chi connectivity index (χ0) is 22.3. The molecule has 1 aliphatic heterocycles. The number of amides is 2. The molecule has 1 aromatic carbocycles. The zero-order valence-electron chi connectivity index (χ0n) is 18.1. The van der Waals surface area contributed by atoms with Crippen molar-refractivity contribution in [3.05, 3.63) is 67.0 Å². The Morgan fingerprint density at radius 1 is 1.19 bits per heavy atom. The predicted molar refractivity (Wildman–Crippen MR) is 120 cm³/mol. The van der Waals surface area contributed by atoms with Gasteiger partial charge in [0.2, 0.25) is 11.8 Å². The fraction of sp³-hybridized carbons (Fsp3) is 0.333. The molecule has 1 fully saturated rings. The van der Waals surface area contributed by atoms with Gasteiger partial charge in [0.25, 0.3) is 0 Å². The van der Waals surface area contributed by atoms with E-state index in [4.69, 9.17) is 4.74 Å². The fourth-order valence-electron chi connectivity index (χ4n) is 3.86. The first-order valence-electron chi connectivity index (χ1n) is 10.8. The third kappa shape index (κ3) is 5.32. The first-order valence-corrected chi connectivity index (χ1v) is 10.8. The normalized spacial score (nSPS) is 15.9. The van der Waals surface area contributed by atoms with Crippen LogP contribution in [-0.4, -0.2) is 44.3 Å². The number of hydrogen-bond acceptors (Lipinski definition) is 5. The van der Waals surface area contributed by atoms with Crippen molar-refractivity contribution in [3.63, 3.8) is 0 Å². The minimum atomic E-state index is -0.255. The van der Waals surface area contributed by atoms with Gasteiger partial charge in [-0.2, -0.15) is 0 Å². The van der Waals surface area contributed by atoms with Crippen LogP contribution >= 0.6 is 0 Å². The average molecular weight is 434 g/mol. The van der Waals surface area contributed by atoms with Crippen LogP contribution in [0.5, 0.6) is 11.5 Å². The van der Waals surface area contributed by atoms with Crippen LogP contribution in [0.15, 0.2) is 61.2 Å². The lowest BCUT2D eigenvalue weighted by Gasteiger charge is -2.32. The molecule has 1 N–H and O–H groups in total. The SMILES string of the molecule is Cc1nccn1CCC(=O)N1CCC[C@H](C(=O)Nc2ccccc2Oc2cccnc2)C1.